The Balaban J connectivity index is 2.11. The Morgan fingerprint density at radius 1 is 1.50 bits per heavy atom. The van der Waals surface area contributed by atoms with Crippen molar-refractivity contribution in [3.05, 3.63) is 33.9 Å². The van der Waals surface area contributed by atoms with Gasteiger partial charge >= 0.3 is 0 Å². The zero-order valence-corrected chi connectivity index (χ0v) is 13.1. The first kappa shape index (κ1) is 15.3. The van der Waals surface area contributed by atoms with Crippen LogP contribution >= 0.6 is 15.9 Å². The van der Waals surface area contributed by atoms with Gasteiger partial charge in [0.05, 0.1) is 11.0 Å². The average Bonchev–Trinajstić information content (AvgIpc) is 2.47. The van der Waals surface area contributed by atoms with Gasteiger partial charge in [0, 0.05) is 43.3 Å². The van der Waals surface area contributed by atoms with Gasteiger partial charge in [-0.25, -0.2) is 0 Å². The molecule has 1 aromatic carbocycles. The predicted molar refractivity (Wildman–Crippen MR) is 82.6 cm³/mol. The number of likely N-dealkylation sites (N-methyl/N-ethyl adjacent to an activating group) is 1. The summed E-state index contributed by atoms with van der Waals surface area (Å²) in [4.78, 5) is 12.6. The molecule has 0 aromatic heterocycles. The van der Waals surface area contributed by atoms with E-state index in [-0.39, 0.29) is 16.7 Å². The third kappa shape index (κ3) is 3.70. The maximum Gasteiger partial charge on any atom is 0.269 e. The molecular formula is C14H19BrN2O3. The van der Waals surface area contributed by atoms with Crippen molar-refractivity contribution in [3.63, 3.8) is 0 Å². The Morgan fingerprint density at radius 3 is 2.90 bits per heavy atom. The zero-order valence-electron chi connectivity index (χ0n) is 11.5. The van der Waals surface area contributed by atoms with Crippen LogP contribution in [0.15, 0.2) is 18.2 Å². The lowest BCUT2D eigenvalue weighted by molar-refractivity contribution is -0.384. The Hall–Kier alpha value is -1.14. The molecule has 0 radical (unpaired) electrons. The molecule has 0 spiro atoms. The largest absolute Gasteiger partial charge is 0.376 e. The second-order valence-corrected chi connectivity index (χ2v) is 5.63. The molecule has 6 heteroatoms. The summed E-state index contributed by atoms with van der Waals surface area (Å²) < 4.78 is 5.74. The van der Waals surface area contributed by atoms with Crippen LogP contribution in [0, 0.1) is 10.1 Å². The summed E-state index contributed by atoms with van der Waals surface area (Å²) in [5, 5.41) is 11.4. The van der Waals surface area contributed by atoms with Crippen LogP contribution in [0.2, 0.25) is 0 Å². The molecule has 1 aromatic rings. The Bertz CT molecular complexity index is 475. The third-order valence-electron chi connectivity index (χ3n) is 3.58. The number of alkyl halides is 1. The Kier molecular flexibility index (Phi) is 5.37. The van der Waals surface area contributed by atoms with Crippen LogP contribution in [-0.2, 0) is 10.1 Å². The molecule has 0 saturated carbocycles. The van der Waals surface area contributed by atoms with Crippen molar-refractivity contribution in [2.75, 3.05) is 25.1 Å². The molecule has 1 unspecified atom stereocenters. The van der Waals surface area contributed by atoms with E-state index in [1.54, 1.807) is 12.1 Å². The highest BCUT2D eigenvalue weighted by Gasteiger charge is 2.18. The second kappa shape index (κ2) is 7.04. The summed E-state index contributed by atoms with van der Waals surface area (Å²) in [6, 6.07) is 5.00. The van der Waals surface area contributed by atoms with E-state index in [4.69, 9.17) is 4.74 Å². The summed E-state index contributed by atoms with van der Waals surface area (Å²) in [5.74, 6) is 0. The minimum atomic E-state index is -0.361. The quantitative estimate of drug-likeness (QED) is 0.467. The van der Waals surface area contributed by atoms with Gasteiger partial charge in [-0.1, -0.05) is 15.9 Å². The number of rotatable bonds is 5. The van der Waals surface area contributed by atoms with Gasteiger partial charge in [-0.2, -0.15) is 0 Å². The lowest BCUT2D eigenvalue weighted by atomic mass is 10.1. The molecule has 110 valence electrons. The maximum absolute atomic E-state index is 10.8. The number of ether oxygens (including phenoxy) is 1. The summed E-state index contributed by atoms with van der Waals surface area (Å²) in [7, 11) is 2.01. The van der Waals surface area contributed by atoms with E-state index in [1.807, 2.05) is 13.1 Å². The van der Waals surface area contributed by atoms with Crippen molar-refractivity contribution < 1.29 is 9.66 Å². The van der Waals surface area contributed by atoms with Gasteiger partial charge in [0.15, 0.2) is 0 Å². The van der Waals surface area contributed by atoms with Gasteiger partial charge in [0.1, 0.15) is 0 Å². The Labute approximate surface area is 127 Å². The Morgan fingerprint density at radius 2 is 2.30 bits per heavy atom. The van der Waals surface area contributed by atoms with Crippen LogP contribution in [0.5, 0.6) is 0 Å². The van der Waals surface area contributed by atoms with Gasteiger partial charge in [-0.15, -0.1) is 0 Å². The van der Waals surface area contributed by atoms with Gasteiger partial charge in [0.2, 0.25) is 0 Å². The lowest BCUT2D eigenvalue weighted by Gasteiger charge is -2.29. The van der Waals surface area contributed by atoms with Crippen LogP contribution < -0.4 is 4.90 Å². The first-order valence-corrected chi connectivity index (χ1v) is 7.90. The number of hydrogen-bond acceptors (Lipinski definition) is 4. The minimum absolute atomic E-state index is 0.130. The van der Waals surface area contributed by atoms with Crippen LogP contribution in [0.4, 0.5) is 11.4 Å². The highest BCUT2D eigenvalue weighted by Crippen LogP contribution is 2.27. The monoisotopic (exact) mass is 342 g/mol. The maximum atomic E-state index is 10.8. The number of benzene rings is 1. The second-order valence-electron chi connectivity index (χ2n) is 5.07. The summed E-state index contributed by atoms with van der Waals surface area (Å²) in [6.45, 7) is 1.65. The summed E-state index contributed by atoms with van der Waals surface area (Å²) in [5.41, 5.74) is 2.07. The topological polar surface area (TPSA) is 55.6 Å². The fourth-order valence-corrected chi connectivity index (χ4v) is 2.97. The molecule has 1 saturated heterocycles. The van der Waals surface area contributed by atoms with Crippen molar-refractivity contribution in [3.8, 4) is 0 Å². The van der Waals surface area contributed by atoms with E-state index < -0.39 is 0 Å². The molecule has 0 amide bonds. The first-order valence-electron chi connectivity index (χ1n) is 6.78. The van der Waals surface area contributed by atoms with E-state index in [0.29, 0.717) is 5.33 Å². The standard InChI is InChI=1S/C14H19BrN2O3/c1-16(10-13-4-2-3-7-20-13)14-6-5-12(17(18)19)8-11(14)9-15/h5-6,8,13H,2-4,7,9-10H2,1H3. The number of hydrogen-bond donors (Lipinski definition) is 0. The molecule has 1 fully saturated rings. The van der Waals surface area contributed by atoms with Crippen molar-refractivity contribution in [2.45, 2.75) is 30.7 Å². The highest BCUT2D eigenvalue weighted by molar-refractivity contribution is 9.08. The van der Waals surface area contributed by atoms with Crippen LogP contribution in [0.1, 0.15) is 24.8 Å². The van der Waals surface area contributed by atoms with Gasteiger partial charge < -0.3 is 9.64 Å². The molecule has 0 aliphatic carbocycles. The fraction of sp³-hybridized carbons (Fsp3) is 0.571. The predicted octanol–water partition coefficient (Wildman–Crippen LogP) is 3.50. The zero-order chi connectivity index (χ0) is 14.5. The minimum Gasteiger partial charge on any atom is -0.376 e. The van der Waals surface area contributed by atoms with E-state index in [9.17, 15) is 10.1 Å². The average molecular weight is 343 g/mol. The molecule has 0 bridgehead atoms. The smallest absolute Gasteiger partial charge is 0.269 e. The van der Waals surface area contributed by atoms with Crippen molar-refractivity contribution >= 4 is 27.3 Å². The van der Waals surface area contributed by atoms with Gasteiger partial charge in [-0.05, 0) is 30.9 Å². The summed E-state index contributed by atoms with van der Waals surface area (Å²) >= 11 is 3.40. The van der Waals surface area contributed by atoms with Crippen molar-refractivity contribution in [2.24, 2.45) is 0 Å². The number of non-ortho nitro benzene ring substituents is 1. The molecule has 2 rings (SSSR count). The molecule has 20 heavy (non-hydrogen) atoms. The molecule has 1 heterocycles. The molecule has 1 aliphatic rings. The molecule has 1 atom stereocenters. The number of nitro benzene ring substituents is 1. The van der Waals surface area contributed by atoms with Crippen LogP contribution in [0.3, 0.4) is 0 Å². The van der Waals surface area contributed by atoms with Gasteiger partial charge in [-0.3, -0.25) is 10.1 Å². The lowest BCUT2D eigenvalue weighted by Crippen LogP contribution is -2.33. The summed E-state index contributed by atoms with van der Waals surface area (Å²) in [6.07, 6.45) is 3.70. The first-order chi connectivity index (χ1) is 9.61. The van der Waals surface area contributed by atoms with E-state index in [0.717, 1.165) is 37.2 Å². The number of halogens is 1. The number of anilines is 1. The van der Waals surface area contributed by atoms with Crippen molar-refractivity contribution in [1.82, 2.24) is 0 Å². The normalized spacial score (nSPS) is 18.8. The molecule has 0 N–H and O–H groups in total. The molecule has 1 aliphatic heterocycles. The van der Waals surface area contributed by atoms with Crippen LogP contribution in [0.25, 0.3) is 0 Å². The number of nitrogens with zero attached hydrogens (tertiary/aromatic N) is 2. The van der Waals surface area contributed by atoms with Gasteiger partial charge in [0.25, 0.3) is 5.69 Å². The van der Waals surface area contributed by atoms with E-state index in [1.165, 1.54) is 6.42 Å². The molecular weight excluding hydrogens is 324 g/mol. The third-order valence-corrected chi connectivity index (χ3v) is 4.18. The molecule has 5 nitrogen and oxygen atoms in total. The highest BCUT2D eigenvalue weighted by atomic mass is 79.9. The van der Waals surface area contributed by atoms with Crippen LogP contribution in [-0.4, -0.2) is 31.2 Å². The SMILES string of the molecule is CN(CC1CCCCO1)c1ccc([N+](=O)[O-])cc1CBr. The fourth-order valence-electron chi connectivity index (χ4n) is 2.52. The van der Waals surface area contributed by atoms with E-state index in [2.05, 4.69) is 20.8 Å². The van der Waals surface area contributed by atoms with E-state index >= 15 is 0 Å². The number of nitro groups is 1. The van der Waals surface area contributed by atoms with Crippen molar-refractivity contribution in [1.29, 1.82) is 0 Å².